The number of hydrogen-bond acceptors (Lipinski definition) is 5. The third-order valence-electron chi connectivity index (χ3n) is 2.36. The van der Waals surface area contributed by atoms with Crippen LogP contribution in [0.15, 0.2) is 30.9 Å². The lowest BCUT2D eigenvalue weighted by atomic mass is 10.1. The number of nitro groups is 1. The van der Waals surface area contributed by atoms with Gasteiger partial charge in [0.15, 0.2) is 0 Å². The van der Waals surface area contributed by atoms with Gasteiger partial charge in [0.05, 0.1) is 23.0 Å². The van der Waals surface area contributed by atoms with Crippen molar-refractivity contribution in [3.05, 3.63) is 58.2 Å². The van der Waals surface area contributed by atoms with Gasteiger partial charge in [-0.25, -0.2) is 14.4 Å². The maximum absolute atomic E-state index is 13.5. The van der Waals surface area contributed by atoms with Gasteiger partial charge in [0.2, 0.25) is 5.82 Å². The molecule has 0 saturated carbocycles. The zero-order chi connectivity index (χ0) is 13.8. The molecule has 0 aliphatic carbocycles. The first-order valence-electron chi connectivity index (χ1n) is 5.19. The van der Waals surface area contributed by atoms with Crippen molar-refractivity contribution in [1.82, 2.24) is 9.97 Å². The lowest BCUT2D eigenvalue weighted by molar-refractivity contribution is -0.387. The second-order valence-electron chi connectivity index (χ2n) is 3.63. The second kappa shape index (κ2) is 5.34. The number of nitrogens with one attached hydrogen (secondary N) is 1. The highest BCUT2D eigenvalue weighted by Gasteiger charge is 2.18. The van der Waals surface area contributed by atoms with Crippen LogP contribution in [-0.2, 0) is 6.54 Å². The Morgan fingerprint density at radius 1 is 1.21 bits per heavy atom. The van der Waals surface area contributed by atoms with Gasteiger partial charge in [-0.2, -0.15) is 4.39 Å². The highest BCUT2D eigenvalue weighted by atomic mass is 19.1. The largest absolute Gasteiger partial charge is 0.378 e. The third-order valence-corrected chi connectivity index (χ3v) is 2.36. The van der Waals surface area contributed by atoms with Crippen LogP contribution in [0.4, 0.5) is 20.2 Å². The van der Waals surface area contributed by atoms with Crippen LogP contribution in [0.2, 0.25) is 0 Å². The van der Waals surface area contributed by atoms with Gasteiger partial charge in [-0.1, -0.05) is 0 Å². The van der Waals surface area contributed by atoms with E-state index in [9.17, 15) is 18.9 Å². The molecule has 0 bridgehead atoms. The SMILES string of the molecule is O=[N+]([O-])c1cc(CNc2cncnc2)c(F)cc1F. The fraction of sp³-hybridized carbons (Fsp3) is 0.0909. The Bertz CT molecular complexity index is 607. The first-order chi connectivity index (χ1) is 9.08. The molecule has 0 unspecified atom stereocenters. The van der Waals surface area contributed by atoms with E-state index in [1.165, 1.54) is 18.7 Å². The first-order valence-corrected chi connectivity index (χ1v) is 5.19. The van der Waals surface area contributed by atoms with Crippen LogP contribution in [0.1, 0.15) is 5.56 Å². The quantitative estimate of drug-likeness (QED) is 0.678. The first kappa shape index (κ1) is 12.8. The smallest absolute Gasteiger partial charge is 0.305 e. The van der Waals surface area contributed by atoms with Crippen LogP contribution < -0.4 is 5.32 Å². The minimum absolute atomic E-state index is 0.0167. The lowest BCUT2D eigenvalue weighted by Crippen LogP contribution is -2.04. The van der Waals surface area contributed by atoms with E-state index in [1.54, 1.807) is 0 Å². The van der Waals surface area contributed by atoms with E-state index >= 15 is 0 Å². The van der Waals surface area contributed by atoms with E-state index in [0.29, 0.717) is 11.8 Å². The molecular weight excluding hydrogens is 258 g/mol. The molecule has 2 aromatic rings. The maximum atomic E-state index is 13.5. The molecule has 98 valence electrons. The summed E-state index contributed by atoms with van der Waals surface area (Å²) >= 11 is 0. The number of anilines is 1. The Kier molecular flexibility index (Phi) is 3.60. The topological polar surface area (TPSA) is 81.0 Å². The van der Waals surface area contributed by atoms with Gasteiger partial charge in [0.1, 0.15) is 12.1 Å². The van der Waals surface area contributed by atoms with Gasteiger partial charge >= 0.3 is 5.69 Å². The highest BCUT2D eigenvalue weighted by Crippen LogP contribution is 2.22. The molecular formula is C11H8F2N4O2. The third kappa shape index (κ3) is 2.97. The molecule has 0 aliphatic rings. The Morgan fingerprint density at radius 2 is 1.89 bits per heavy atom. The lowest BCUT2D eigenvalue weighted by Gasteiger charge is -2.06. The molecule has 0 atom stereocenters. The van der Waals surface area contributed by atoms with Gasteiger partial charge < -0.3 is 5.32 Å². The average Bonchev–Trinajstić information content (AvgIpc) is 2.38. The van der Waals surface area contributed by atoms with E-state index < -0.39 is 22.2 Å². The van der Waals surface area contributed by atoms with Crippen molar-refractivity contribution in [2.24, 2.45) is 0 Å². The van der Waals surface area contributed by atoms with Crippen molar-refractivity contribution in [3.8, 4) is 0 Å². The fourth-order valence-corrected chi connectivity index (χ4v) is 1.44. The predicted octanol–water partition coefficient (Wildman–Crippen LogP) is 2.28. The zero-order valence-corrected chi connectivity index (χ0v) is 9.51. The summed E-state index contributed by atoms with van der Waals surface area (Å²) in [5, 5.41) is 13.3. The normalized spacial score (nSPS) is 10.2. The molecule has 0 fully saturated rings. The van der Waals surface area contributed by atoms with Crippen molar-refractivity contribution in [2.75, 3.05) is 5.32 Å². The average molecular weight is 266 g/mol. The molecule has 1 aromatic heterocycles. The van der Waals surface area contributed by atoms with Crippen LogP contribution in [0.3, 0.4) is 0 Å². The molecule has 6 nitrogen and oxygen atoms in total. The summed E-state index contributed by atoms with van der Waals surface area (Å²) in [6, 6.07) is 1.36. The molecule has 0 saturated heterocycles. The fourth-order valence-electron chi connectivity index (χ4n) is 1.44. The number of rotatable bonds is 4. The van der Waals surface area contributed by atoms with Crippen molar-refractivity contribution in [1.29, 1.82) is 0 Å². The molecule has 0 spiro atoms. The van der Waals surface area contributed by atoms with Crippen LogP contribution in [0.25, 0.3) is 0 Å². The summed E-state index contributed by atoms with van der Waals surface area (Å²) in [5.41, 5.74) is -0.256. The Morgan fingerprint density at radius 3 is 2.53 bits per heavy atom. The number of nitrogens with zero attached hydrogens (tertiary/aromatic N) is 3. The van der Waals surface area contributed by atoms with Crippen molar-refractivity contribution in [3.63, 3.8) is 0 Å². The second-order valence-corrected chi connectivity index (χ2v) is 3.63. The summed E-state index contributed by atoms with van der Waals surface area (Å²) < 4.78 is 26.6. The van der Waals surface area contributed by atoms with Crippen molar-refractivity contribution < 1.29 is 13.7 Å². The summed E-state index contributed by atoms with van der Waals surface area (Å²) in [7, 11) is 0. The summed E-state index contributed by atoms with van der Waals surface area (Å²) in [6.45, 7) is -0.0413. The Labute approximate surface area is 106 Å². The number of nitro benzene ring substituents is 1. The van der Waals surface area contributed by atoms with E-state index in [4.69, 9.17) is 0 Å². The molecule has 19 heavy (non-hydrogen) atoms. The van der Waals surface area contributed by atoms with Crippen LogP contribution in [0.5, 0.6) is 0 Å². The van der Waals surface area contributed by atoms with Crippen LogP contribution >= 0.6 is 0 Å². The Hall–Kier alpha value is -2.64. The predicted molar refractivity (Wildman–Crippen MR) is 62.4 cm³/mol. The standard InChI is InChI=1S/C11H8F2N4O2/c12-9-2-10(13)11(17(18)19)1-7(9)3-16-8-4-14-6-15-5-8/h1-2,4-6,16H,3H2. The Balaban J connectivity index is 2.21. The molecule has 0 radical (unpaired) electrons. The van der Waals surface area contributed by atoms with Crippen LogP contribution in [0, 0.1) is 21.7 Å². The van der Waals surface area contributed by atoms with Gasteiger partial charge in [-0.15, -0.1) is 0 Å². The number of hydrogen-bond donors (Lipinski definition) is 1. The number of aromatic nitrogens is 2. The molecule has 1 heterocycles. The monoisotopic (exact) mass is 266 g/mol. The molecule has 1 N–H and O–H groups in total. The molecule has 2 rings (SSSR count). The van der Waals surface area contributed by atoms with Gasteiger partial charge in [0, 0.05) is 24.2 Å². The van der Waals surface area contributed by atoms with Crippen LogP contribution in [-0.4, -0.2) is 14.9 Å². The minimum atomic E-state index is -1.20. The minimum Gasteiger partial charge on any atom is -0.378 e. The summed E-state index contributed by atoms with van der Waals surface area (Å²) in [4.78, 5) is 17.2. The summed E-state index contributed by atoms with van der Waals surface area (Å²) in [6.07, 6.45) is 4.25. The maximum Gasteiger partial charge on any atom is 0.305 e. The van der Waals surface area contributed by atoms with Gasteiger partial charge in [-0.05, 0) is 0 Å². The van der Waals surface area contributed by atoms with Gasteiger partial charge in [-0.3, -0.25) is 10.1 Å². The molecule has 0 amide bonds. The summed E-state index contributed by atoms with van der Waals surface area (Å²) in [5.74, 6) is -2.05. The zero-order valence-electron chi connectivity index (χ0n) is 9.51. The van der Waals surface area contributed by atoms with Crippen molar-refractivity contribution in [2.45, 2.75) is 6.54 Å². The molecule has 1 aromatic carbocycles. The van der Waals surface area contributed by atoms with E-state index in [1.807, 2.05) is 0 Å². The van der Waals surface area contributed by atoms with Gasteiger partial charge in [0.25, 0.3) is 0 Å². The number of halogens is 2. The van der Waals surface area contributed by atoms with E-state index in [-0.39, 0.29) is 12.1 Å². The van der Waals surface area contributed by atoms with E-state index in [0.717, 1.165) is 6.07 Å². The molecule has 0 aliphatic heterocycles. The van der Waals surface area contributed by atoms with Crippen molar-refractivity contribution >= 4 is 11.4 Å². The number of benzene rings is 1. The van der Waals surface area contributed by atoms with E-state index in [2.05, 4.69) is 15.3 Å². The highest BCUT2D eigenvalue weighted by molar-refractivity contribution is 5.42. The molecule has 8 heteroatoms.